The van der Waals surface area contributed by atoms with Gasteiger partial charge in [0.1, 0.15) is 0 Å². The molecule has 0 fully saturated rings. The molecule has 0 saturated heterocycles. The highest BCUT2D eigenvalue weighted by Crippen LogP contribution is 2.19. The Morgan fingerprint density at radius 2 is 1.71 bits per heavy atom. The maximum absolute atomic E-state index is 10.7. The smallest absolute Gasteiger partial charge is 0.0715 e. The van der Waals surface area contributed by atoms with Crippen molar-refractivity contribution >= 4 is 17.4 Å². The number of hydrogen-bond acceptors (Lipinski definition) is 4. The van der Waals surface area contributed by atoms with E-state index in [4.69, 9.17) is 0 Å². The van der Waals surface area contributed by atoms with Gasteiger partial charge in [0.15, 0.2) is 0 Å². The molecule has 0 aromatic heterocycles. The van der Waals surface area contributed by atoms with Gasteiger partial charge in [0, 0.05) is 12.1 Å². The van der Waals surface area contributed by atoms with Gasteiger partial charge in [-0.1, -0.05) is 36.4 Å². The first-order valence-corrected chi connectivity index (χ1v) is 6.92. The Bertz CT molecular complexity index is 690. The summed E-state index contributed by atoms with van der Waals surface area (Å²) in [6.45, 7) is 0. The lowest BCUT2D eigenvalue weighted by atomic mass is 9.90. The van der Waals surface area contributed by atoms with Crippen LogP contribution in [0.15, 0.2) is 53.6 Å². The fraction of sp³-hybridized carbons (Fsp3) is 0.176. The minimum Gasteiger partial charge on any atom is -0.545 e. The number of carboxylic acid groups (broad SMARTS) is 1. The molecular formula is C17H15N2O2-. The molecule has 1 aliphatic rings. The molecule has 3 rings (SSSR count). The van der Waals surface area contributed by atoms with Crippen LogP contribution >= 0.6 is 0 Å². The fourth-order valence-electron chi connectivity index (χ4n) is 2.48. The van der Waals surface area contributed by atoms with Crippen LogP contribution in [0.5, 0.6) is 0 Å². The molecule has 0 radical (unpaired) electrons. The average molecular weight is 279 g/mol. The zero-order chi connectivity index (χ0) is 14.7. The lowest BCUT2D eigenvalue weighted by Crippen LogP contribution is -2.21. The largest absolute Gasteiger partial charge is 0.545 e. The van der Waals surface area contributed by atoms with E-state index in [0.717, 1.165) is 30.7 Å². The maximum atomic E-state index is 10.7. The predicted octanol–water partition coefficient (Wildman–Crippen LogP) is 2.01. The number of carbonyl (C=O) groups is 1. The van der Waals surface area contributed by atoms with Crippen LogP contribution < -0.4 is 10.5 Å². The van der Waals surface area contributed by atoms with E-state index < -0.39 is 5.97 Å². The van der Waals surface area contributed by atoms with Crippen LogP contribution in [0.3, 0.4) is 0 Å². The first kappa shape index (κ1) is 13.4. The topological polar surface area (TPSA) is 64.5 Å². The molecule has 0 atom stereocenters. The number of rotatable bonds is 3. The second kappa shape index (κ2) is 5.79. The highest BCUT2D eigenvalue weighted by molar-refractivity contribution is 5.89. The van der Waals surface area contributed by atoms with Gasteiger partial charge in [-0.2, -0.15) is 5.10 Å². The molecule has 2 aromatic carbocycles. The Kier molecular flexibility index (Phi) is 3.69. The number of carbonyl (C=O) groups excluding carboxylic acids is 1. The molecular weight excluding hydrogens is 264 g/mol. The van der Waals surface area contributed by atoms with E-state index in [1.807, 2.05) is 6.07 Å². The third-order valence-corrected chi connectivity index (χ3v) is 3.66. The van der Waals surface area contributed by atoms with Crippen molar-refractivity contribution in [2.45, 2.75) is 19.3 Å². The van der Waals surface area contributed by atoms with Gasteiger partial charge in [-0.25, -0.2) is 0 Å². The molecule has 1 aliphatic carbocycles. The van der Waals surface area contributed by atoms with Gasteiger partial charge < -0.3 is 9.90 Å². The minimum atomic E-state index is -1.17. The number of nitrogens with zero attached hydrogens (tertiary/aromatic N) is 1. The van der Waals surface area contributed by atoms with E-state index in [1.54, 1.807) is 12.1 Å². The maximum Gasteiger partial charge on any atom is 0.0715 e. The Balaban J connectivity index is 1.68. The number of carboxylic acids is 1. The third kappa shape index (κ3) is 3.11. The number of anilines is 1. The first-order valence-electron chi connectivity index (χ1n) is 6.92. The third-order valence-electron chi connectivity index (χ3n) is 3.66. The van der Waals surface area contributed by atoms with Crippen LogP contribution in [0.25, 0.3) is 0 Å². The van der Waals surface area contributed by atoms with E-state index in [2.05, 4.69) is 28.7 Å². The zero-order valence-electron chi connectivity index (χ0n) is 11.5. The molecule has 2 aromatic rings. The number of aryl methyl sites for hydroxylation is 1. The Hall–Kier alpha value is -2.62. The molecule has 0 aliphatic heterocycles. The van der Waals surface area contributed by atoms with Gasteiger partial charge in [-0.05, 0) is 41.7 Å². The van der Waals surface area contributed by atoms with Gasteiger partial charge in [0.05, 0.1) is 11.7 Å². The van der Waals surface area contributed by atoms with Crippen LogP contribution in [0, 0.1) is 0 Å². The summed E-state index contributed by atoms with van der Waals surface area (Å²) < 4.78 is 0. The summed E-state index contributed by atoms with van der Waals surface area (Å²) in [5, 5.41) is 15.1. The standard InChI is InChI=1S/C17H16N2O2/c20-17(21)13-6-8-15(9-7-13)18-19-16-10-5-12-3-1-2-4-14(12)11-16/h1-4,6-9,18H,5,10-11H2,(H,20,21)/p-1/b19-16+. The molecule has 4 nitrogen and oxygen atoms in total. The molecule has 0 saturated carbocycles. The molecule has 0 unspecified atom stereocenters. The molecule has 4 heteroatoms. The highest BCUT2D eigenvalue weighted by atomic mass is 16.4. The fourth-order valence-corrected chi connectivity index (χ4v) is 2.48. The van der Waals surface area contributed by atoms with Crippen molar-refractivity contribution in [3.63, 3.8) is 0 Å². The first-order chi connectivity index (χ1) is 10.2. The van der Waals surface area contributed by atoms with Gasteiger partial charge in [0.25, 0.3) is 0 Å². The van der Waals surface area contributed by atoms with Crippen molar-refractivity contribution in [1.82, 2.24) is 0 Å². The van der Waals surface area contributed by atoms with Crippen LogP contribution in [0.1, 0.15) is 27.9 Å². The van der Waals surface area contributed by atoms with Crippen molar-refractivity contribution < 1.29 is 9.90 Å². The van der Waals surface area contributed by atoms with Crippen molar-refractivity contribution in [2.75, 3.05) is 5.43 Å². The number of aromatic carboxylic acids is 1. The summed E-state index contributed by atoms with van der Waals surface area (Å²) in [4.78, 5) is 10.7. The van der Waals surface area contributed by atoms with Crippen molar-refractivity contribution in [2.24, 2.45) is 5.10 Å². The van der Waals surface area contributed by atoms with E-state index in [1.165, 1.54) is 23.3 Å². The van der Waals surface area contributed by atoms with Gasteiger partial charge >= 0.3 is 0 Å². The second-order valence-corrected chi connectivity index (χ2v) is 5.10. The van der Waals surface area contributed by atoms with Crippen molar-refractivity contribution in [1.29, 1.82) is 0 Å². The van der Waals surface area contributed by atoms with Crippen LogP contribution in [-0.2, 0) is 12.8 Å². The van der Waals surface area contributed by atoms with Crippen LogP contribution in [0.2, 0.25) is 0 Å². The van der Waals surface area contributed by atoms with E-state index in [-0.39, 0.29) is 5.56 Å². The van der Waals surface area contributed by atoms with Crippen LogP contribution in [-0.4, -0.2) is 11.7 Å². The number of fused-ring (bicyclic) bond motifs is 1. The molecule has 0 spiro atoms. The van der Waals surface area contributed by atoms with Crippen molar-refractivity contribution in [3.05, 3.63) is 65.2 Å². The number of benzene rings is 2. The molecule has 1 N–H and O–H groups in total. The molecule has 0 amide bonds. The van der Waals surface area contributed by atoms with Gasteiger partial charge in [-0.15, -0.1) is 0 Å². The van der Waals surface area contributed by atoms with E-state index >= 15 is 0 Å². The van der Waals surface area contributed by atoms with E-state index in [9.17, 15) is 9.90 Å². The molecule has 106 valence electrons. The molecule has 0 bridgehead atoms. The second-order valence-electron chi connectivity index (χ2n) is 5.10. The monoisotopic (exact) mass is 279 g/mol. The summed E-state index contributed by atoms with van der Waals surface area (Å²) in [6, 6.07) is 14.8. The normalized spacial score (nSPS) is 15.5. The SMILES string of the molecule is O=C([O-])c1ccc(N/N=C2\CCc3ccccc3C2)cc1. The number of hydrogen-bond donors (Lipinski definition) is 1. The molecule has 21 heavy (non-hydrogen) atoms. The number of hydrazone groups is 1. The van der Waals surface area contributed by atoms with Gasteiger partial charge in [-0.3, -0.25) is 5.43 Å². The lowest BCUT2D eigenvalue weighted by molar-refractivity contribution is -0.255. The summed E-state index contributed by atoms with van der Waals surface area (Å²) in [6.07, 6.45) is 2.82. The summed E-state index contributed by atoms with van der Waals surface area (Å²) in [5.74, 6) is -1.17. The molecule has 0 heterocycles. The Labute approximate surface area is 123 Å². The summed E-state index contributed by atoms with van der Waals surface area (Å²) in [7, 11) is 0. The highest BCUT2D eigenvalue weighted by Gasteiger charge is 2.13. The lowest BCUT2D eigenvalue weighted by Gasteiger charge is -2.17. The average Bonchev–Trinajstić information content (AvgIpc) is 2.53. The number of nitrogens with one attached hydrogen (secondary N) is 1. The Morgan fingerprint density at radius 1 is 1.00 bits per heavy atom. The van der Waals surface area contributed by atoms with Gasteiger partial charge in [0.2, 0.25) is 0 Å². The summed E-state index contributed by atoms with van der Waals surface area (Å²) in [5.41, 5.74) is 7.76. The quantitative estimate of drug-likeness (QED) is 0.874. The Morgan fingerprint density at radius 3 is 2.43 bits per heavy atom. The zero-order valence-corrected chi connectivity index (χ0v) is 11.5. The van der Waals surface area contributed by atoms with Crippen molar-refractivity contribution in [3.8, 4) is 0 Å². The summed E-state index contributed by atoms with van der Waals surface area (Å²) >= 11 is 0. The predicted molar refractivity (Wildman–Crippen MR) is 80.3 cm³/mol. The minimum absolute atomic E-state index is 0.166. The van der Waals surface area contributed by atoms with Crippen LogP contribution in [0.4, 0.5) is 5.69 Å². The van der Waals surface area contributed by atoms with E-state index in [0.29, 0.717) is 0 Å².